The molecule has 1 aromatic rings. The van der Waals surface area contributed by atoms with E-state index in [0.29, 0.717) is 22.6 Å². The number of methoxy groups -OCH3 is 2. The topological polar surface area (TPSA) is 61.5 Å². The molecule has 0 aromatic heterocycles. The summed E-state index contributed by atoms with van der Waals surface area (Å²) < 4.78 is 10.1. The molecule has 0 saturated carbocycles. The second-order valence-corrected chi connectivity index (χ2v) is 3.36. The van der Waals surface area contributed by atoms with Crippen molar-refractivity contribution >= 4 is 23.6 Å². The highest BCUT2D eigenvalue weighted by molar-refractivity contribution is 6.30. The van der Waals surface area contributed by atoms with Crippen LogP contribution in [-0.2, 0) is 20.1 Å². The van der Waals surface area contributed by atoms with Gasteiger partial charge in [-0.05, 0) is 18.2 Å². The van der Waals surface area contributed by atoms with Crippen LogP contribution in [-0.4, -0.2) is 20.5 Å². The Morgan fingerprint density at radius 2 is 2.00 bits per heavy atom. The normalized spacial score (nSPS) is 11.4. The zero-order chi connectivity index (χ0) is 11.5. The Morgan fingerprint density at radius 1 is 1.40 bits per heavy atom. The maximum absolute atomic E-state index is 11.0. The molecule has 0 spiro atoms. The number of anilines is 1. The average molecular weight is 230 g/mol. The molecule has 1 rings (SSSR count). The molecular formula is C10H12ClNO3. The molecular weight excluding hydrogens is 218 g/mol. The van der Waals surface area contributed by atoms with E-state index >= 15 is 0 Å². The van der Waals surface area contributed by atoms with Gasteiger partial charge in [0.2, 0.25) is 0 Å². The number of nitrogen functional groups attached to an aromatic ring is 1. The van der Waals surface area contributed by atoms with E-state index in [4.69, 9.17) is 26.8 Å². The first-order chi connectivity index (χ1) is 7.09. The lowest BCUT2D eigenvalue weighted by molar-refractivity contribution is -0.201. The first-order valence-corrected chi connectivity index (χ1v) is 4.59. The monoisotopic (exact) mass is 229 g/mol. The van der Waals surface area contributed by atoms with E-state index in [1.54, 1.807) is 12.1 Å². The summed E-state index contributed by atoms with van der Waals surface area (Å²) >= 11 is 5.75. The summed E-state index contributed by atoms with van der Waals surface area (Å²) in [5.41, 5.74) is 6.51. The van der Waals surface area contributed by atoms with E-state index in [0.717, 1.165) is 0 Å². The summed E-state index contributed by atoms with van der Waals surface area (Å²) in [5, 5.41) is 0.489. The SMILES string of the molecule is COC(C=O)(OC)c1ccc(Cl)cc1N. The van der Waals surface area contributed by atoms with E-state index in [9.17, 15) is 4.79 Å². The molecule has 0 fully saturated rings. The van der Waals surface area contributed by atoms with Crippen molar-refractivity contribution < 1.29 is 14.3 Å². The number of carbonyl (C=O) groups is 1. The van der Waals surface area contributed by atoms with Gasteiger partial charge < -0.3 is 15.2 Å². The first-order valence-electron chi connectivity index (χ1n) is 4.21. The van der Waals surface area contributed by atoms with E-state index in [-0.39, 0.29) is 0 Å². The van der Waals surface area contributed by atoms with Crippen LogP contribution in [0.5, 0.6) is 0 Å². The van der Waals surface area contributed by atoms with Crippen molar-refractivity contribution in [1.82, 2.24) is 0 Å². The lowest BCUT2D eigenvalue weighted by atomic mass is 10.0. The molecule has 0 aliphatic heterocycles. The number of ether oxygens (including phenoxy) is 2. The zero-order valence-corrected chi connectivity index (χ0v) is 9.25. The highest BCUT2D eigenvalue weighted by Crippen LogP contribution is 2.30. The van der Waals surface area contributed by atoms with Crippen LogP contribution in [0.1, 0.15) is 5.56 Å². The van der Waals surface area contributed by atoms with E-state index in [1.807, 2.05) is 0 Å². The molecule has 4 nitrogen and oxygen atoms in total. The molecule has 0 radical (unpaired) electrons. The fourth-order valence-electron chi connectivity index (χ4n) is 1.31. The van der Waals surface area contributed by atoms with Crippen LogP contribution in [0.4, 0.5) is 5.69 Å². The second kappa shape index (κ2) is 4.61. The predicted molar refractivity (Wildman–Crippen MR) is 57.6 cm³/mol. The third kappa shape index (κ3) is 2.12. The van der Waals surface area contributed by atoms with Crippen molar-refractivity contribution in [3.8, 4) is 0 Å². The van der Waals surface area contributed by atoms with Crippen LogP contribution >= 0.6 is 11.6 Å². The van der Waals surface area contributed by atoms with Crippen LogP contribution in [0.15, 0.2) is 18.2 Å². The fraction of sp³-hybridized carbons (Fsp3) is 0.300. The Balaban J connectivity index is 3.28. The Labute approximate surface area is 92.9 Å². The minimum Gasteiger partial charge on any atom is -0.398 e. The standard InChI is InChI=1S/C10H12ClNO3/c1-14-10(6-13,15-2)8-4-3-7(11)5-9(8)12/h3-6H,12H2,1-2H3. The number of benzene rings is 1. The van der Waals surface area contributed by atoms with Gasteiger partial charge in [-0.15, -0.1) is 0 Å². The highest BCUT2D eigenvalue weighted by Gasteiger charge is 2.33. The molecule has 0 atom stereocenters. The number of nitrogens with two attached hydrogens (primary N) is 1. The molecule has 0 unspecified atom stereocenters. The van der Waals surface area contributed by atoms with Gasteiger partial charge in [0.25, 0.3) is 5.79 Å². The number of hydrogen-bond acceptors (Lipinski definition) is 4. The van der Waals surface area contributed by atoms with Crippen LogP contribution < -0.4 is 5.73 Å². The summed E-state index contributed by atoms with van der Waals surface area (Å²) in [6.07, 6.45) is 0.548. The number of hydrogen-bond donors (Lipinski definition) is 1. The summed E-state index contributed by atoms with van der Waals surface area (Å²) in [5.74, 6) is -1.46. The van der Waals surface area contributed by atoms with Gasteiger partial charge in [-0.2, -0.15) is 0 Å². The van der Waals surface area contributed by atoms with Crippen molar-refractivity contribution in [2.24, 2.45) is 0 Å². The maximum Gasteiger partial charge on any atom is 0.254 e. The van der Waals surface area contributed by atoms with Gasteiger partial charge in [0.05, 0.1) is 0 Å². The fourth-order valence-corrected chi connectivity index (χ4v) is 1.49. The van der Waals surface area contributed by atoms with Gasteiger partial charge in [0, 0.05) is 30.5 Å². The maximum atomic E-state index is 11.0. The lowest BCUT2D eigenvalue weighted by Gasteiger charge is -2.26. The molecule has 0 bridgehead atoms. The van der Waals surface area contributed by atoms with Gasteiger partial charge in [0.1, 0.15) is 0 Å². The molecule has 15 heavy (non-hydrogen) atoms. The van der Waals surface area contributed by atoms with Gasteiger partial charge in [0.15, 0.2) is 6.29 Å². The molecule has 82 valence electrons. The van der Waals surface area contributed by atoms with Crippen LogP contribution in [0.3, 0.4) is 0 Å². The van der Waals surface area contributed by atoms with Crippen molar-refractivity contribution in [3.05, 3.63) is 28.8 Å². The third-order valence-electron chi connectivity index (χ3n) is 2.15. The second-order valence-electron chi connectivity index (χ2n) is 2.93. The van der Waals surface area contributed by atoms with E-state index in [1.165, 1.54) is 20.3 Å². The number of carbonyl (C=O) groups excluding carboxylic acids is 1. The molecule has 0 aliphatic rings. The van der Waals surface area contributed by atoms with Crippen LogP contribution in [0.25, 0.3) is 0 Å². The van der Waals surface area contributed by atoms with E-state index < -0.39 is 5.79 Å². The summed E-state index contributed by atoms with van der Waals surface area (Å²) in [6.45, 7) is 0. The highest BCUT2D eigenvalue weighted by atomic mass is 35.5. The first kappa shape index (κ1) is 12.0. The summed E-state index contributed by atoms with van der Waals surface area (Å²) in [6, 6.07) is 4.75. The number of halogens is 1. The third-order valence-corrected chi connectivity index (χ3v) is 2.39. The summed E-state index contributed by atoms with van der Waals surface area (Å²) in [7, 11) is 2.73. The Hall–Kier alpha value is -1.10. The smallest absolute Gasteiger partial charge is 0.254 e. The minimum atomic E-state index is -1.46. The van der Waals surface area contributed by atoms with Crippen molar-refractivity contribution in [2.45, 2.75) is 5.79 Å². The Kier molecular flexibility index (Phi) is 3.68. The minimum absolute atomic E-state index is 0.346. The molecule has 2 N–H and O–H groups in total. The largest absolute Gasteiger partial charge is 0.398 e. The van der Waals surface area contributed by atoms with Crippen molar-refractivity contribution in [2.75, 3.05) is 20.0 Å². The van der Waals surface area contributed by atoms with E-state index in [2.05, 4.69) is 0 Å². The number of rotatable bonds is 4. The molecule has 0 aliphatic carbocycles. The van der Waals surface area contributed by atoms with Crippen LogP contribution in [0, 0.1) is 0 Å². The Morgan fingerprint density at radius 3 is 2.40 bits per heavy atom. The lowest BCUT2D eigenvalue weighted by Crippen LogP contribution is -2.33. The Bertz CT molecular complexity index is 364. The average Bonchev–Trinajstić information content (AvgIpc) is 2.23. The molecule has 0 amide bonds. The van der Waals surface area contributed by atoms with Gasteiger partial charge in [-0.1, -0.05) is 11.6 Å². The quantitative estimate of drug-likeness (QED) is 0.484. The van der Waals surface area contributed by atoms with Gasteiger partial charge in [-0.3, -0.25) is 4.79 Å². The number of aldehydes is 1. The molecule has 5 heteroatoms. The molecule has 0 heterocycles. The van der Waals surface area contributed by atoms with Gasteiger partial charge >= 0.3 is 0 Å². The molecule has 1 aromatic carbocycles. The zero-order valence-electron chi connectivity index (χ0n) is 8.49. The predicted octanol–water partition coefficient (Wildman–Crippen LogP) is 1.57. The molecule has 0 saturated heterocycles. The van der Waals surface area contributed by atoms with Crippen molar-refractivity contribution in [1.29, 1.82) is 0 Å². The van der Waals surface area contributed by atoms with Gasteiger partial charge in [-0.25, -0.2) is 0 Å². The summed E-state index contributed by atoms with van der Waals surface area (Å²) in [4.78, 5) is 11.0. The van der Waals surface area contributed by atoms with Crippen molar-refractivity contribution in [3.63, 3.8) is 0 Å². The van der Waals surface area contributed by atoms with Crippen LogP contribution in [0.2, 0.25) is 5.02 Å².